The van der Waals surface area contributed by atoms with Crippen LogP contribution in [-0.4, -0.2) is 41.0 Å². The highest BCUT2D eigenvalue weighted by Crippen LogP contribution is 2.27. The fraction of sp³-hybridized carbons (Fsp3) is 0.348. The maximum atomic E-state index is 13.0. The zero-order valence-corrected chi connectivity index (χ0v) is 17.1. The standard InChI is InChI=1S/C23H26N4O2/c1-15-8-10-27(11-9-15)23(28)21-16(2)22(25-14-24-21)26-19-6-4-18-13-20(29-3)7-5-17(18)12-19/h4-7,12-15H,8-11H2,1-3H3,(H,24,25,26). The average Bonchev–Trinajstić information content (AvgIpc) is 2.75. The SMILES string of the molecule is COc1ccc2cc(Nc3ncnc(C(=O)N4CCC(C)CC4)c3C)ccc2c1. The molecule has 6 nitrogen and oxygen atoms in total. The van der Waals surface area contributed by atoms with Crippen LogP contribution in [0.1, 0.15) is 35.8 Å². The predicted molar refractivity (Wildman–Crippen MR) is 115 cm³/mol. The molecule has 1 amide bonds. The van der Waals surface area contributed by atoms with Gasteiger partial charge in [-0.15, -0.1) is 0 Å². The molecule has 0 atom stereocenters. The summed E-state index contributed by atoms with van der Waals surface area (Å²) in [5.74, 6) is 2.16. The number of hydrogen-bond donors (Lipinski definition) is 1. The van der Waals surface area contributed by atoms with Gasteiger partial charge in [0.2, 0.25) is 0 Å². The summed E-state index contributed by atoms with van der Waals surface area (Å²) in [6, 6.07) is 12.1. The van der Waals surface area contributed by atoms with Gasteiger partial charge in [-0.1, -0.05) is 19.1 Å². The minimum absolute atomic E-state index is 0.00884. The second-order valence-electron chi connectivity index (χ2n) is 7.72. The molecule has 29 heavy (non-hydrogen) atoms. The molecule has 1 aliphatic rings. The normalized spacial score (nSPS) is 14.8. The van der Waals surface area contributed by atoms with Crippen LogP contribution in [0, 0.1) is 12.8 Å². The number of fused-ring (bicyclic) bond motifs is 1. The Kier molecular flexibility index (Phi) is 5.34. The first-order valence-corrected chi connectivity index (χ1v) is 10.0. The molecule has 1 fully saturated rings. The monoisotopic (exact) mass is 390 g/mol. The summed E-state index contributed by atoms with van der Waals surface area (Å²) in [5, 5.41) is 5.54. The molecule has 2 aromatic carbocycles. The zero-order valence-electron chi connectivity index (χ0n) is 17.1. The van der Waals surface area contributed by atoms with Crippen molar-refractivity contribution in [1.82, 2.24) is 14.9 Å². The van der Waals surface area contributed by atoms with Gasteiger partial charge in [-0.05, 0) is 60.7 Å². The Labute approximate surface area is 170 Å². The number of likely N-dealkylation sites (tertiary alicyclic amines) is 1. The Morgan fingerprint density at radius 3 is 2.59 bits per heavy atom. The summed E-state index contributed by atoms with van der Waals surface area (Å²) in [6.45, 7) is 5.72. The van der Waals surface area contributed by atoms with Crippen LogP contribution in [0.15, 0.2) is 42.7 Å². The number of carbonyl (C=O) groups is 1. The number of ether oxygens (including phenoxy) is 1. The largest absolute Gasteiger partial charge is 0.497 e. The van der Waals surface area contributed by atoms with Crippen LogP contribution in [0.5, 0.6) is 5.75 Å². The van der Waals surface area contributed by atoms with Crippen molar-refractivity contribution in [3.63, 3.8) is 0 Å². The number of carbonyl (C=O) groups excluding carboxylic acids is 1. The molecule has 0 saturated carbocycles. The number of methoxy groups -OCH3 is 1. The van der Waals surface area contributed by atoms with Crippen LogP contribution in [0.2, 0.25) is 0 Å². The van der Waals surface area contributed by atoms with Crippen LogP contribution >= 0.6 is 0 Å². The summed E-state index contributed by atoms with van der Waals surface area (Å²) in [6.07, 6.45) is 3.55. The van der Waals surface area contributed by atoms with Crippen molar-refractivity contribution >= 4 is 28.2 Å². The van der Waals surface area contributed by atoms with Gasteiger partial charge in [-0.3, -0.25) is 4.79 Å². The first-order chi connectivity index (χ1) is 14.0. The van der Waals surface area contributed by atoms with E-state index in [2.05, 4.69) is 28.3 Å². The molecule has 3 aromatic rings. The van der Waals surface area contributed by atoms with Gasteiger partial charge in [-0.2, -0.15) is 0 Å². The maximum Gasteiger partial charge on any atom is 0.272 e. The predicted octanol–water partition coefficient (Wildman–Crippen LogP) is 4.56. The number of rotatable bonds is 4. The first kappa shape index (κ1) is 19.2. The number of nitrogens with zero attached hydrogens (tertiary/aromatic N) is 3. The molecule has 0 radical (unpaired) electrons. The van der Waals surface area contributed by atoms with Crippen LogP contribution in [0.3, 0.4) is 0 Å². The van der Waals surface area contributed by atoms with Crippen molar-refractivity contribution in [2.75, 3.05) is 25.5 Å². The van der Waals surface area contributed by atoms with Crippen molar-refractivity contribution in [2.24, 2.45) is 5.92 Å². The van der Waals surface area contributed by atoms with Gasteiger partial charge in [-0.25, -0.2) is 9.97 Å². The average molecular weight is 390 g/mol. The Hall–Kier alpha value is -3.15. The number of amides is 1. The molecule has 1 saturated heterocycles. The molecule has 0 aliphatic carbocycles. The number of benzene rings is 2. The minimum Gasteiger partial charge on any atom is -0.497 e. The number of piperidine rings is 1. The highest BCUT2D eigenvalue weighted by molar-refractivity contribution is 5.95. The third-order valence-electron chi connectivity index (χ3n) is 5.67. The molecule has 150 valence electrons. The number of aromatic nitrogens is 2. The van der Waals surface area contributed by atoms with Crippen molar-refractivity contribution in [3.05, 3.63) is 54.0 Å². The Balaban J connectivity index is 1.57. The zero-order chi connectivity index (χ0) is 20.4. The summed E-state index contributed by atoms with van der Waals surface area (Å²) in [5.41, 5.74) is 2.16. The molecule has 2 heterocycles. The van der Waals surface area contributed by atoms with E-state index in [4.69, 9.17) is 4.74 Å². The van der Waals surface area contributed by atoms with E-state index in [0.717, 1.165) is 53.7 Å². The third kappa shape index (κ3) is 4.01. The summed E-state index contributed by atoms with van der Waals surface area (Å²) < 4.78 is 5.29. The number of nitrogens with one attached hydrogen (secondary N) is 1. The van der Waals surface area contributed by atoms with Gasteiger partial charge in [0, 0.05) is 24.3 Å². The lowest BCUT2D eigenvalue weighted by atomic mass is 9.99. The van der Waals surface area contributed by atoms with E-state index in [1.807, 2.05) is 42.2 Å². The van der Waals surface area contributed by atoms with E-state index in [-0.39, 0.29) is 5.91 Å². The molecule has 1 aliphatic heterocycles. The summed E-state index contributed by atoms with van der Waals surface area (Å²) in [7, 11) is 1.67. The maximum absolute atomic E-state index is 13.0. The first-order valence-electron chi connectivity index (χ1n) is 10.0. The quantitative estimate of drug-likeness (QED) is 0.707. The van der Waals surface area contributed by atoms with Gasteiger partial charge in [0.05, 0.1) is 7.11 Å². The number of anilines is 2. The molecular weight excluding hydrogens is 364 g/mol. The van der Waals surface area contributed by atoms with Crippen LogP contribution in [-0.2, 0) is 0 Å². The second-order valence-corrected chi connectivity index (χ2v) is 7.72. The van der Waals surface area contributed by atoms with Gasteiger partial charge < -0.3 is 15.0 Å². The summed E-state index contributed by atoms with van der Waals surface area (Å²) >= 11 is 0. The summed E-state index contributed by atoms with van der Waals surface area (Å²) in [4.78, 5) is 23.5. The van der Waals surface area contributed by atoms with Gasteiger partial charge in [0.25, 0.3) is 5.91 Å². The highest BCUT2D eigenvalue weighted by Gasteiger charge is 2.24. The van der Waals surface area contributed by atoms with Gasteiger partial charge in [0.15, 0.2) is 0 Å². The Bertz CT molecular complexity index is 1040. The lowest BCUT2D eigenvalue weighted by Crippen LogP contribution is -2.38. The van der Waals surface area contributed by atoms with Crippen molar-refractivity contribution in [3.8, 4) is 5.75 Å². The van der Waals surface area contributed by atoms with Crippen LogP contribution in [0.4, 0.5) is 11.5 Å². The van der Waals surface area contributed by atoms with Crippen molar-refractivity contribution < 1.29 is 9.53 Å². The molecule has 0 spiro atoms. The Morgan fingerprint density at radius 2 is 1.83 bits per heavy atom. The molecular formula is C23H26N4O2. The molecule has 1 N–H and O–H groups in total. The van der Waals surface area contributed by atoms with Crippen LogP contribution in [0.25, 0.3) is 10.8 Å². The van der Waals surface area contributed by atoms with Crippen molar-refractivity contribution in [1.29, 1.82) is 0 Å². The molecule has 0 unspecified atom stereocenters. The smallest absolute Gasteiger partial charge is 0.272 e. The molecule has 0 bridgehead atoms. The fourth-order valence-electron chi connectivity index (χ4n) is 3.72. The highest BCUT2D eigenvalue weighted by atomic mass is 16.5. The van der Waals surface area contributed by atoms with E-state index in [1.54, 1.807) is 7.11 Å². The second kappa shape index (κ2) is 8.07. The van der Waals surface area contributed by atoms with Gasteiger partial charge >= 0.3 is 0 Å². The molecule has 6 heteroatoms. The fourth-order valence-corrected chi connectivity index (χ4v) is 3.72. The van der Waals surface area contributed by atoms with E-state index < -0.39 is 0 Å². The van der Waals surface area contributed by atoms with E-state index in [1.165, 1.54) is 6.33 Å². The Morgan fingerprint density at radius 1 is 1.10 bits per heavy atom. The van der Waals surface area contributed by atoms with Crippen molar-refractivity contribution in [2.45, 2.75) is 26.7 Å². The lowest BCUT2D eigenvalue weighted by Gasteiger charge is -2.30. The lowest BCUT2D eigenvalue weighted by molar-refractivity contribution is 0.0690. The van der Waals surface area contributed by atoms with Gasteiger partial charge in [0.1, 0.15) is 23.6 Å². The molecule has 4 rings (SSSR count). The molecule has 1 aromatic heterocycles. The van der Waals surface area contributed by atoms with Crippen LogP contribution < -0.4 is 10.1 Å². The topological polar surface area (TPSA) is 67.3 Å². The van der Waals surface area contributed by atoms with E-state index >= 15 is 0 Å². The minimum atomic E-state index is -0.00884. The van der Waals surface area contributed by atoms with E-state index in [9.17, 15) is 4.79 Å². The third-order valence-corrected chi connectivity index (χ3v) is 5.67. The van der Waals surface area contributed by atoms with E-state index in [0.29, 0.717) is 17.4 Å². The number of hydrogen-bond acceptors (Lipinski definition) is 5.